The van der Waals surface area contributed by atoms with Gasteiger partial charge in [0.15, 0.2) is 17.9 Å². The van der Waals surface area contributed by atoms with Gasteiger partial charge >= 0.3 is 0 Å². The molecule has 2 aromatic carbocycles. The van der Waals surface area contributed by atoms with Crippen LogP contribution in [0.3, 0.4) is 0 Å². The second-order valence-electron chi connectivity index (χ2n) is 5.59. The second kappa shape index (κ2) is 6.11. The summed E-state index contributed by atoms with van der Waals surface area (Å²) in [5, 5.41) is 4.27. The van der Waals surface area contributed by atoms with Gasteiger partial charge in [-0.3, -0.25) is 4.79 Å². The minimum absolute atomic E-state index is 0.275. The number of halogens is 1. The van der Waals surface area contributed by atoms with Crippen LogP contribution in [0.4, 0.5) is 5.69 Å². The number of benzene rings is 2. The van der Waals surface area contributed by atoms with Crippen LogP contribution in [-0.2, 0) is 0 Å². The normalized spacial score (nSPS) is 11.0. The zero-order chi connectivity index (χ0) is 17.4. The van der Waals surface area contributed by atoms with Crippen molar-refractivity contribution in [2.75, 3.05) is 5.32 Å². The Bertz CT molecular complexity index is 1050. The standard InChI is InChI=1S/C19H13ClN2O3/c1-11-15-8-13(20)4-7-16(15)25-18(11)19(23)22-14-5-2-12(3-6-14)17-9-21-10-24-17/h2-10H,1H3,(H,22,23). The summed E-state index contributed by atoms with van der Waals surface area (Å²) in [5.74, 6) is 0.636. The molecule has 1 N–H and O–H groups in total. The van der Waals surface area contributed by atoms with Crippen molar-refractivity contribution in [3.05, 3.63) is 71.4 Å². The molecule has 0 saturated carbocycles. The lowest BCUT2D eigenvalue weighted by atomic mass is 10.1. The fourth-order valence-electron chi connectivity index (χ4n) is 2.67. The Morgan fingerprint density at radius 1 is 1.16 bits per heavy atom. The summed E-state index contributed by atoms with van der Waals surface area (Å²) >= 11 is 6.01. The molecule has 0 aliphatic rings. The number of aryl methyl sites for hydroxylation is 1. The number of aromatic nitrogens is 1. The number of amides is 1. The van der Waals surface area contributed by atoms with Crippen molar-refractivity contribution in [1.82, 2.24) is 4.98 Å². The first kappa shape index (κ1) is 15.5. The third-order valence-electron chi connectivity index (χ3n) is 3.96. The molecule has 25 heavy (non-hydrogen) atoms. The predicted molar refractivity (Wildman–Crippen MR) is 95.9 cm³/mol. The van der Waals surface area contributed by atoms with Gasteiger partial charge in [0.1, 0.15) is 5.58 Å². The maximum atomic E-state index is 12.5. The van der Waals surface area contributed by atoms with Gasteiger partial charge in [-0.25, -0.2) is 4.98 Å². The fraction of sp³-hybridized carbons (Fsp3) is 0.0526. The van der Waals surface area contributed by atoms with Crippen molar-refractivity contribution < 1.29 is 13.6 Å². The molecular formula is C19H13ClN2O3. The van der Waals surface area contributed by atoms with Crippen LogP contribution < -0.4 is 5.32 Å². The van der Waals surface area contributed by atoms with Gasteiger partial charge in [-0.15, -0.1) is 0 Å². The summed E-state index contributed by atoms with van der Waals surface area (Å²) in [5.41, 5.74) is 2.93. The van der Waals surface area contributed by atoms with Gasteiger partial charge in [-0.1, -0.05) is 11.6 Å². The summed E-state index contributed by atoms with van der Waals surface area (Å²) < 4.78 is 10.9. The summed E-state index contributed by atoms with van der Waals surface area (Å²) in [6.45, 7) is 1.84. The summed E-state index contributed by atoms with van der Waals surface area (Å²) in [6, 6.07) is 12.6. The molecule has 4 aromatic rings. The van der Waals surface area contributed by atoms with E-state index in [-0.39, 0.29) is 11.7 Å². The van der Waals surface area contributed by atoms with E-state index in [9.17, 15) is 4.79 Å². The molecule has 4 rings (SSSR count). The first-order valence-corrected chi connectivity index (χ1v) is 7.98. The van der Waals surface area contributed by atoms with Crippen LogP contribution in [0.15, 0.2) is 63.9 Å². The Morgan fingerprint density at radius 2 is 1.96 bits per heavy atom. The number of anilines is 1. The van der Waals surface area contributed by atoms with Crippen LogP contribution in [0.5, 0.6) is 0 Å². The van der Waals surface area contributed by atoms with Gasteiger partial charge in [0.05, 0.1) is 6.20 Å². The summed E-state index contributed by atoms with van der Waals surface area (Å²) in [7, 11) is 0. The first-order valence-electron chi connectivity index (χ1n) is 7.61. The minimum Gasteiger partial charge on any atom is -0.451 e. The van der Waals surface area contributed by atoms with E-state index in [4.69, 9.17) is 20.4 Å². The van der Waals surface area contributed by atoms with Crippen LogP contribution in [-0.4, -0.2) is 10.9 Å². The quantitative estimate of drug-likeness (QED) is 0.543. The number of oxazole rings is 1. The van der Waals surface area contributed by atoms with Crippen molar-refractivity contribution in [3.8, 4) is 11.3 Å². The highest BCUT2D eigenvalue weighted by Gasteiger charge is 2.18. The number of hydrogen-bond donors (Lipinski definition) is 1. The Balaban J connectivity index is 1.59. The highest BCUT2D eigenvalue weighted by Crippen LogP contribution is 2.28. The van der Waals surface area contributed by atoms with Crippen LogP contribution in [0.25, 0.3) is 22.3 Å². The number of hydrogen-bond acceptors (Lipinski definition) is 4. The number of carbonyl (C=O) groups is 1. The van der Waals surface area contributed by atoms with E-state index in [1.807, 2.05) is 19.1 Å². The third kappa shape index (κ3) is 2.90. The maximum absolute atomic E-state index is 12.5. The first-order chi connectivity index (χ1) is 12.1. The van der Waals surface area contributed by atoms with Gasteiger partial charge in [-0.2, -0.15) is 0 Å². The van der Waals surface area contributed by atoms with Crippen molar-refractivity contribution in [3.63, 3.8) is 0 Å². The van der Waals surface area contributed by atoms with E-state index in [1.54, 1.807) is 36.5 Å². The monoisotopic (exact) mass is 352 g/mol. The Hall–Kier alpha value is -3.05. The Kier molecular flexibility index (Phi) is 3.78. The third-order valence-corrected chi connectivity index (χ3v) is 4.20. The van der Waals surface area contributed by atoms with E-state index in [0.717, 1.165) is 16.5 Å². The molecule has 124 valence electrons. The topological polar surface area (TPSA) is 68.3 Å². The molecule has 2 aromatic heterocycles. The highest BCUT2D eigenvalue weighted by atomic mass is 35.5. The smallest absolute Gasteiger partial charge is 0.291 e. The number of nitrogens with zero attached hydrogens (tertiary/aromatic N) is 1. The molecule has 0 saturated heterocycles. The zero-order valence-corrected chi connectivity index (χ0v) is 14.0. The molecule has 0 bridgehead atoms. The average molecular weight is 353 g/mol. The number of rotatable bonds is 3. The SMILES string of the molecule is Cc1c(C(=O)Nc2ccc(-c3cnco3)cc2)oc2ccc(Cl)cc12. The number of carbonyl (C=O) groups excluding carboxylic acids is 1. The number of fused-ring (bicyclic) bond motifs is 1. The molecule has 0 unspecified atom stereocenters. The van der Waals surface area contributed by atoms with Gasteiger partial charge in [0.2, 0.25) is 0 Å². The second-order valence-corrected chi connectivity index (χ2v) is 6.03. The molecule has 0 fully saturated rings. The van der Waals surface area contributed by atoms with Gasteiger partial charge in [0, 0.05) is 27.2 Å². The molecule has 2 heterocycles. The average Bonchev–Trinajstić information content (AvgIpc) is 3.25. The molecule has 0 spiro atoms. The summed E-state index contributed by atoms with van der Waals surface area (Å²) in [4.78, 5) is 16.4. The minimum atomic E-state index is -0.308. The largest absolute Gasteiger partial charge is 0.451 e. The van der Waals surface area contributed by atoms with E-state index in [1.165, 1.54) is 6.39 Å². The van der Waals surface area contributed by atoms with Crippen LogP contribution in [0, 0.1) is 6.92 Å². The molecule has 6 heteroatoms. The fourth-order valence-corrected chi connectivity index (χ4v) is 2.85. The van der Waals surface area contributed by atoms with Crippen LogP contribution in [0.2, 0.25) is 5.02 Å². The van der Waals surface area contributed by atoms with Crippen LogP contribution in [0.1, 0.15) is 16.1 Å². The van der Waals surface area contributed by atoms with Crippen molar-refractivity contribution >= 4 is 34.2 Å². The van der Waals surface area contributed by atoms with Crippen molar-refractivity contribution in [2.45, 2.75) is 6.92 Å². The Morgan fingerprint density at radius 3 is 2.68 bits per heavy atom. The molecule has 5 nitrogen and oxygen atoms in total. The van der Waals surface area contributed by atoms with Gasteiger partial charge in [0.25, 0.3) is 5.91 Å². The molecule has 0 radical (unpaired) electrons. The van der Waals surface area contributed by atoms with Crippen molar-refractivity contribution in [2.24, 2.45) is 0 Å². The lowest BCUT2D eigenvalue weighted by molar-refractivity contribution is 0.0998. The van der Waals surface area contributed by atoms with E-state index in [0.29, 0.717) is 22.1 Å². The zero-order valence-electron chi connectivity index (χ0n) is 13.2. The lowest BCUT2D eigenvalue weighted by Crippen LogP contribution is -2.11. The van der Waals surface area contributed by atoms with E-state index in [2.05, 4.69) is 10.3 Å². The molecule has 0 aliphatic carbocycles. The molecular weight excluding hydrogens is 340 g/mol. The predicted octanol–water partition coefficient (Wildman–Crippen LogP) is 5.30. The number of nitrogens with one attached hydrogen (secondary N) is 1. The van der Waals surface area contributed by atoms with Gasteiger partial charge < -0.3 is 14.2 Å². The van der Waals surface area contributed by atoms with E-state index >= 15 is 0 Å². The summed E-state index contributed by atoms with van der Waals surface area (Å²) in [6.07, 6.45) is 3.01. The molecule has 0 aliphatic heterocycles. The number of furan rings is 1. The molecule has 1 amide bonds. The van der Waals surface area contributed by atoms with Gasteiger partial charge in [-0.05, 0) is 49.4 Å². The Labute approximate surface area is 148 Å². The van der Waals surface area contributed by atoms with Crippen molar-refractivity contribution in [1.29, 1.82) is 0 Å². The van der Waals surface area contributed by atoms with Crippen LogP contribution >= 0.6 is 11.6 Å². The maximum Gasteiger partial charge on any atom is 0.291 e. The van der Waals surface area contributed by atoms with E-state index < -0.39 is 0 Å². The molecule has 0 atom stereocenters. The highest BCUT2D eigenvalue weighted by molar-refractivity contribution is 6.31. The lowest BCUT2D eigenvalue weighted by Gasteiger charge is -2.04.